The van der Waals surface area contributed by atoms with E-state index in [1.54, 1.807) is 6.92 Å². The number of hydrogen-bond acceptors (Lipinski definition) is 3. The maximum atomic E-state index is 11.8. The van der Waals surface area contributed by atoms with E-state index in [0.717, 1.165) is 0 Å². The van der Waals surface area contributed by atoms with E-state index in [-0.39, 0.29) is 5.92 Å². The molecule has 0 aliphatic rings. The van der Waals surface area contributed by atoms with Gasteiger partial charge in [0.2, 0.25) is 0 Å². The summed E-state index contributed by atoms with van der Waals surface area (Å²) >= 11 is 0. The Labute approximate surface area is 99.4 Å². The minimum atomic E-state index is -1.02. The van der Waals surface area contributed by atoms with Crippen LogP contribution in [-0.2, 0) is 4.79 Å². The number of aliphatic carboxylic acids is 1. The van der Waals surface area contributed by atoms with Crippen molar-refractivity contribution in [1.82, 2.24) is 15.5 Å². The summed E-state index contributed by atoms with van der Waals surface area (Å²) in [5.74, 6) is -1.27. The fourth-order valence-electron chi connectivity index (χ4n) is 1.50. The normalized spacial score (nSPS) is 12.5. The first-order valence-corrected chi connectivity index (χ1v) is 5.45. The van der Waals surface area contributed by atoms with Crippen molar-refractivity contribution in [3.63, 3.8) is 0 Å². The predicted molar refractivity (Wildman–Crippen MR) is 61.7 cm³/mol. The Kier molecular flexibility index (Phi) is 4.25. The molecule has 1 aromatic heterocycles. The number of nitrogens with one attached hydrogen (secondary N) is 2. The van der Waals surface area contributed by atoms with Gasteiger partial charge in [0, 0.05) is 0 Å². The SMILES string of the molecule is Cc1cn[nH]c1C(=O)N[C@H](CC(C)C)C(=O)O. The summed E-state index contributed by atoms with van der Waals surface area (Å²) in [6.07, 6.45) is 1.92. The van der Waals surface area contributed by atoms with Crippen molar-refractivity contribution < 1.29 is 14.7 Å². The van der Waals surface area contributed by atoms with Crippen LogP contribution >= 0.6 is 0 Å². The van der Waals surface area contributed by atoms with Crippen LogP contribution in [0, 0.1) is 12.8 Å². The average Bonchev–Trinajstić information content (AvgIpc) is 2.62. The van der Waals surface area contributed by atoms with Crippen LogP contribution in [-0.4, -0.2) is 33.2 Å². The molecule has 1 atom stereocenters. The monoisotopic (exact) mass is 239 g/mol. The van der Waals surface area contributed by atoms with Gasteiger partial charge in [0.1, 0.15) is 11.7 Å². The second-order valence-electron chi connectivity index (χ2n) is 4.42. The van der Waals surface area contributed by atoms with Crippen LogP contribution in [0.15, 0.2) is 6.20 Å². The fourth-order valence-corrected chi connectivity index (χ4v) is 1.50. The standard InChI is InChI=1S/C11H17N3O3/c1-6(2)4-8(11(16)17)13-10(15)9-7(3)5-12-14-9/h5-6,8H,4H2,1-3H3,(H,12,14)(H,13,15)(H,16,17)/t8-/m1/s1. The highest BCUT2D eigenvalue weighted by Gasteiger charge is 2.22. The predicted octanol–water partition coefficient (Wildman–Crippen LogP) is 0.947. The highest BCUT2D eigenvalue weighted by molar-refractivity contribution is 5.95. The van der Waals surface area contributed by atoms with Gasteiger partial charge >= 0.3 is 5.97 Å². The van der Waals surface area contributed by atoms with Crippen molar-refractivity contribution in [2.75, 3.05) is 0 Å². The van der Waals surface area contributed by atoms with Crippen LogP contribution in [0.5, 0.6) is 0 Å². The van der Waals surface area contributed by atoms with Gasteiger partial charge in [-0.2, -0.15) is 5.10 Å². The molecule has 6 heteroatoms. The molecule has 1 aromatic rings. The fraction of sp³-hybridized carbons (Fsp3) is 0.545. The summed E-state index contributed by atoms with van der Waals surface area (Å²) in [7, 11) is 0. The van der Waals surface area contributed by atoms with Crippen LogP contribution in [0.4, 0.5) is 0 Å². The molecule has 0 saturated heterocycles. The van der Waals surface area contributed by atoms with Crippen LogP contribution in [0.25, 0.3) is 0 Å². The van der Waals surface area contributed by atoms with Gasteiger partial charge in [-0.05, 0) is 24.8 Å². The molecule has 1 heterocycles. The molecule has 1 rings (SSSR count). The van der Waals surface area contributed by atoms with Crippen molar-refractivity contribution in [3.05, 3.63) is 17.5 Å². The summed E-state index contributed by atoms with van der Waals surface area (Å²) in [4.78, 5) is 22.8. The van der Waals surface area contributed by atoms with Crippen LogP contribution in [0.1, 0.15) is 36.3 Å². The lowest BCUT2D eigenvalue weighted by atomic mass is 10.0. The average molecular weight is 239 g/mol. The van der Waals surface area contributed by atoms with E-state index in [4.69, 9.17) is 5.11 Å². The Balaban J connectivity index is 2.71. The molecule has 0 spiro atoms. The molecule has 0 bridgehead atoms. The van der Waals surface area contributed by atoms with E-state index in [1.165, 1.54) is 6.20 Å². The summed E-state index contributed by atoms with van der Waals surface area (Å²) in [5.41, 5.74) is 0.996. The van der Waals surface area contributed by atoms with Gasteiger partial charge in [-0.3, -0.25) is 9.89 Å². The van der Waals surface area contributed by atoms with Crippen LogP contribution in [0.2, 0.25) is 0 Å². The smallest absolute Gasteiger partial charge is 0.326 e. The Morgan fingerprint density at radius 2 is 2.18 bits per heavy atom. The van der Waals surface area contributed by atoms with E-state index >= 15 is 0 Å². The Bertz CT molecular complexity index is 412. The zero-order valence-corrected chi connectivity index (χ0v) is 10.2. The van der Waals surface area contributed by atoms with E-state index in [1.807, 2.05) is 13.8 Å². The largest absolute Gasteiger partial charge is 0.480 e. The second kappa shape index (κ2) is 5.47. The zero-order valence-electron chi connectivity index (χ0n) is 10.2. The minimum Gasteiger partial charge on any atom is -0.480 e. The first kappa shape index (κ1) is 13.2. The van der Waals surface area contributed by atoms with E-state index in [0.29, 0.717) is 17.7 Å². The Hall–Kier alpha value is -1.85. The summed E-state index contributed by atoms with van der Waals surface area (Å²) in [6.45, 7) is 5.55. The molecule has 3 N–H and O–H groups in total. The van der Waals surface area contributed by atoms with Gasteiger partial charge < -0.3 is 10.4 Å². The Morgan fingerprint density at radius 1 is 1.53 bits per heavy atom. The van der Waals surface area contributed by atoms with Crippen LogP contribution in [0.3, 0.4) is 0 Å². The molecule has 94 valence electrons. The lowest BCUT2D eigenvalue weighted by Crippen LogP contribution is -2.42. The van der Waals surface area contributed by atoms with E-state index in [9.17, 15) is 9.59 Å². The molecule has 6 nitrogen and oxygen atoms in total. The van der Waals surface area contributed by atoms with Gasteiger partial charge in [0.25, 0.3) is 5.91 Å². The number of carboxylic acid groups (broad SMARTS) is 1. The first-order chi connectivity index (χ1) is 7.91. The van der Waals surface area contributed by atoms with Gasteiger partial charge in [-0.1, -0.05) is 13.8 Å². The lowest BCUT2D eigenvalue weighted by Gasteiger charge is -2.16. The van der Waals surface area contributed by atoms with E-state index < -0.39 is 17.9 Å². The van der Waals surface area contributed by atoms with Crippen molar-refractivity contribution >= 4 is 11.9 Å². The highest BCUT2D eigenvalue weighted by atomic mass is 16.4. The quantitative estimate of drug-likeness (QED) is 0.712. The molecule has 0 fully saturated rings. The molecule has 1 amide bonds. The highest BCUT2D eigenvalue weighted by Crippen LogP contribution is 2.07. The number of carbonyl (C=O) groups is 2. The molecular weight excluding hydrogens is 222 g/mol. The van der Waals surface area contributed by atoms with Crippen LogP contribution < -0.4 is 5.32 Å². The number of rotatable bonds is 5. The number of hydrogen-bond donors (Lipinski definition) is 3. The molecule has 0 saturated carbocycles. The third kappa shape index (κ3) is 3.58. The van der Waals surface area contributed by atoms with Crippen molar-refractivity contribution in [1.29, 1.82) is 0 Å². The van der Waals surface area contributed by atoms with Gasteiger partial charge in [-0.25, -0.2) is 4.79 Å². The molecule has 0 aromatic carbocycles. The number of amides is 1. The van der Waals surface area contributed by atoms with Crippen molar-refractivity contribution in [2.24, 2.45) is 5.92 Å². The first-order valence-electron chi connectivity index (χ1n) is 5.45. The molecular formula is C11H17N3O3. The molecule has 0 aliphatic carbocycles. The summed E-state index contributed by atoms with van der Waals surface area (Å²) in [5, 5.41) is 17.7. The minimum absolute atomic E-state index is 0.194. The maximum Gasteiger partial charge on any atom is 0.326 e. The number of aryl methyl sites for hydroxylation is 1. The Morgan fingerprint density at radius 3 is 2.59 bits per heavy atom. The number of nitrogens with zero attached hydrogens (tertiary/aromatic N) is 1. The summed E-state index contributed by atoms with van der Waals surface area (Å²) in [6, 6.07) is -0.870. The molecule has 0 radical (unpaired) electrons. The third-order valence-corrected chi connectivity index (χ3v) is 2.37. The van der Waals surface area contributed by atoms with Gasteiger partial charge in [0.15, 0.2) is 0 Å². The number of H-pyrrole nitrogens is 1. The topological polar surface area (TPSA) is 95.1 Å². The number of aromatic nitrogens is 2. The van der Waals surface area contributed by atoms with Crippen molar-refractivity contribution in [2.45, 2.75) is 33.2 Å². The number of carbonyl (C=O) groups excluding carboxylic acids is 1. The van der Waals surface area contributed by atoms with Gasteiger partial charge in [0.05, 0.1) is 6.20 Å². The molecule has 0 aliphatic heterocycles. The number of carboxylic acids is 1. The lowest BCUT2D eigenvalue weighted by molar-refractivity contribution is -0.139. The second-order valence-corrected chi connectivity index (χ2v) is 4.42. The number of aromatic amines is 1. The third-order valence-electron chi connectivity index (χ3n) is 2.37. The zero-order chi connectivity index (χ0) is 13.0. The molecule has 17 heavy (non-hydrogen) atoms. The summed E-state index contributed by atoms with van der Waals surface area (Å²) < 4.78 is 0. The molecule has 0 unspecified atom stereocenters. The maximum absolute atomic E-state index is 11.8. The van der Waals surface area contributed by atoms with Gasteiger partial charge in [-0.15, -0.1) is 0 Å². The van der Waals surface area contributed by atoms with E-state index in [2.05, 4.69) is 15.5 Å². The van der Waals surface area contributed by atoms with Crippen molar-refractivity contribution in [3.8, 4) is 0 Å².